The van der Waals surface area contributed by atoms with Gasteiger partial charge in [-0.3, -0.25) is 14.5 Å². The molecule has 174 valence electrons. The number of likely N-dealkylation sites (tertiary alicyclic amines) is 1. The minimum atomic E-state index is -0.986. The molecule has 2 aliphatic heterocycles. The Bertz CT molecular complexity index is 1070. The number of fused-ring (bicyclic) bond motifs is 1. The van der Waals surface area contributed by atoms with Crippen LogP contribution in [0.1, 0.15) is 40.6 Å². The standard InChI is InChI=1S/C24H26N2O7/c1-30-15-6-4-14(5-7-15)12-13-25-22(28)17-9-11-19(27)26(17)23-16-8-10-18(31-2)21(32-3)20(16)24(29)33-23/h4-8,10,17,23H,9,11-13H2,1-3H3,(H,25,28)/t17-,23+/m0/s1. The molecule has 0 unspecified atom stereocenters. The minimum absolute atomic E-state index is 0.202. The van der Waals surface area contributed by atoms with Crippen LogP contribution in [-0.2, 0) is 20.7 Å². The van der Waals surface area contributed by atoms with Crippen LogP contribution in [0.5, 0.6) is 17.2 Å². The average molecular weight is 454 g/mol. The van der Waals surface area contributed by atoms with Crippen LogP contribution in [-0.4, -0.2) is 56.6 Å². The van der Waals surface area contributed by atoms with Crippen LogP contribution >= 0.6 is 0 Å². The zero-order valence-electron chi connectivity index (χ0n) is 18.8. The van der Waals surface area contributed by atoms with Gasteiger partial charge in [0.1, 0.15) is 17.4 Å². The summed E-state index contributed by atoms with van der Waals surface area (Å²) < 4.78 is 21.3. The van der Waals surface area contributed by atoms with Crippen molar-refractivity contribution in [2.75, 3.05) is 27.9 Å². The first-order valence-corrected chi connectivity index (χ1v) is 10.7. The van der Waals surface area contributed by atoms with Crippen molar-refractivity contribution in [3.63, 3.8) is 0 Å². The second-order valence-electron chi connectivity index (χ2n) is 7.77. The second-order valence-corrected chi connectivity index (χ2v) is 7.77. The monoisotopic (exact) mass is 454 g/mol. The first-order chi connectivity index (χ1) is 16.0. The second kappa shape index (κ2) is 9.40. The summed E-state index contributed by atoms with van der Waals surface area (Å²) in [6.45, 7) is 0.412. The Labute approximate surface area is 191 Å². The van der Waals surface area contributed by atoms with Crippen molar-refractivity contribution in [1.29, 1.82) is 0 Å². The number of ether oxygens (including phenoxy) is 4. The van der Waals surface area contributed by atoms with Gasteiger partial charge >= 0.3 is 5.97 Å². The van der Waals surface area contributed by atoms with Crippen LogP contribution < -0.4 is 19.5 Å². The fourth-order valence-corrected chi connectivity index (χ4v) is 4.28. The summed E-state index contributed by atoms with van der Waals surface area (Å²) in [5.41, 5.74) is 1.74. The summed E-state index contributed by atoms with van der Waals surface area (Å²) in [5.74, 6) is 0.252. The highest BCUT2D eigenvalue weighted by molar-refractivity contribution is 5.99. The molecule has 2 amide bonds. The molecule has 2 aromatic carbocycles. The number of amides is 2. The molecule has 1 fully saturated rings. The van der Waals surface area contributed by atoms with E-state index in [1.165, 1.54) is 19.1 Å². The molecule has 2 aliphatic rings. The van der Waals surface area contributed by atoms with Gasteiger partial charge in [0.2, 0.25) is 18.0 Å². The van der Waals surface area contributed by atoms with E-state index in [4.69, 9.17) is 18.9 Å². The molecule has 33 heavy (non-hydrogen) atoms. The maximum atomic E-state index is 13.0. The highest BCUT2D eigenvalue weighted by Crippen LogP contribution is 2.45. The number of hydrogen-bond donors (Lipinski definition) is 1. The van der Waals surface area contributed by atoms with Gasteiger partial charge in [0, 0.05) is 18.5 Å². The Hall–Kier alpha value is -3.75. The van der Waals surface area contributed by atoms with Gasteiger partial charge in [0.15, 0.2) is 11.5 Å². The smallest absolute Gasteiger partial charge is 0.344 e. The molecule has 4 rings (SSSR count). The zero-order chi connectivity index (χ0) is 23.5. The molecule has 0 aliphatic carbocycles. The van der Waals surface area contributed by atoms with Gasteiger partial charge in [-0.05, 0) is 42.7 Å². The first kappa shape index (κ1) is 22.4. The average Bonchev–Trinajstić information content (AvgIpc) is 3.38. The molecule has 2 atom stereocenters. The molecular weight excluding hydrogens is 428 g/mol. The number of cyclic esters (lactones) is 1. The van der Waals surface area contributed by atoms with E-state index in [0.29, 0.717) is 30.7 Å². The number of esters is 1. The lowest BCUT2D eigenvalue weighted by atomic mass is 10.0. The Kier molecular flexibility index (Phi) is 6.39. The maximum Gasteiger partial charge on any atom is 0.344 e. The van der Waals surface area contributed by atoms with E-state index < -0.39 is 18.2 Å². The summed E-state index contributed by atoms with van der Waals surface area (Å²) in [4.78, 5) is 39.7. The lowest BCUT2D eigenvalue weighted by molar-refractivity contribution is -0.145. The van der Waals surface area contributed by atoms with Crippen molar-refractivity contribution in [3.8, 4) is 17.2 Å². The number of carbonyl (C=O) groups excluding carboxylic acids is 3. The van der Waals surface area contributed by atoms with E-state index in [0.717, 1.165) is 11.3 Å². The molecule has 0 aromatic heterocycles. The number of hydrogen-bond acceptors (Lipinski definition) is 7. The molecule has 1 saturated heterocycles. The number of benzene rings is 2. The van der Waals surface area contributed by atoms with Crippen molar-refractivity contribution in [2.45, 2.75) is 31.5 Å². The molecule has 0 spiro atoms. The molecule has 1 N–H and O–H groups in total. The van der Waals surface area contributed by atoms with Gasteiger partial charge in [0.25, 0.3) is 0 Å². The van der Waals surface area contributed by atoms with Crippen LogP contribution in [0.3, 0.4) is 0 Å². The molecular formula is C24H26N2O7. The number of methoxy groups -OCH3 is 3. The third-order valence-electron chi connectivity index (χ3n) is 5.95. The first-order valence-electron chi connectivity index (χ1n) is 10.7. The molecule has 9 nitrogen and oxygen atoms in total. The summed E-state index contributed by atoms with van der Waals surface area (Å²) in [6.07, 6.45) is 0.200. The molecule has 2 aromatic rings. The Morgan fingerprint density at radius 3 is 2.48 bits per heavy atom. The SMILES string of the molecule is COc1ccc(CCNC(=O)[C@@H]2CCC(=O)N2[C@@H]2OC(=O)c3c2ccc(OC)c3OC)cc1. The molecule has 0 bridgehead atoms. The number of carbonyl (C=O) groups is 3. The van der Waals surface area contributed by atoms with Gasteiger partial charge in [-0.25, -0.2) is 4.79 Å². The summed E-state index contributed by atoms with van der Waals surface area (Å²) >= 11 is 0. The van der Waals surface area contributed by atoms with Gasteiger partial charge in [-0.1, -0.05) is 12.1 Å². The van der Waals surface area contributed by atoms with Crippen molar-refractivity contribution >= 4 is 17.8 Å². The predicted molar refractivity (Wildman–Crippen MR) is 117 cm³/mol. The fraction of sp³-hybridized carbons (Fsp3) is 0.375. The highest BCUT2D eigenvalue weighted by atomic mass is 16.6. The van der Waals surface area contributed by atoms with E-state index >= 15 is 0 Å². The number of rotatable bonds is 8. The van der Waals surface area contributed by atoms with Crippen LogP contribution in [0, 0.1) is 0 Å². The van der Waals surface area contributed by atoms with Crippen molar-refractivity contribution < 1.29 is 33.3 Å². The Morgan fingerprint density at radius 2 is 1.82 bits per heavy atom. The molecule has 2 heterocycles. The quantitative estimate of drug-likeness (QED) is 0.610. The van der Waals surface area contributed by atoms with E-state index in [2.05, 4.69) is 5.32 Å². The minimum Gasteiger partial charge on any atom is -0.497 e. The number of nitrogens with one attached hydrogen (secondary N) is 1. The van der Waals surface area contributed by atoms with Gasteiger partial charge in [-0.2, -0.15) is 0 Å². The van der Waals surface area contributed by atoms with Crippen molar-refractivity contribution in [2.24, 2.45) is 0 Å². The largest absolute Gasteiger partial charge is 0.497 e. The molecule has 9 heteroatoms. The van der Waals surface area contributed by atoms with E-state index in [1.54, 1.807) is 19.2 Å². The summed E-state index contributed by atoms with van der Waals surface area (Å²) in [5, 5.41) is 2.90. The predicted octanol–water partition coefficient (Wildman–Crippen LogP) is 2.23. The van der Waals surface area contributed by atoms with Crippen LogP contribution in [0.4, 0.5) is 0 Å². The third-order valence-corrected chi connectivity index (χ3v) is 5.95. The summed E-state index contributed by atoms with van der Waals surface area (Å²) in [6, 6.07) is 10.2. The van der Waals surface area contributed by atoms with E-state index in [9.17, 15) is 14.4 Å². The van der Waals surface area contributed by atoms with E-state index in [1.807, 2.05) is 24.3 Å². The fourth-order valence-electron chi connectivity index (χ4n) is 4.28. The van der Waals surface area contributed by atoms with Gasteiger partial charge in [-0.15, -0.1) is 0 Å². The van der Waals surface area contributed by atoms with Crippen molar-refractivity contribution in [1.82, 2.24) is 10.2 Å². The maximum absolute atomic E-state index is 13.0. The lowest BCUT2D eigenvalue weighted by Crippen LogP contribution is -2.46. The van der Waals surface area contributed by atoms with Crippen LogP contribution in [0.25, 0.3) is 0 Å². The Balaban J connectivity index is 1.48. The molecule has 0 radical (unpaired) electrons. The summed E-state index contributed by atoms with van der Waals surface area (Å²) in [7, 11) is 4.51. The van der Waals surface area contributed by atoms with Crippen LogP contribution in [0.2, 0.25) is 0 Å². The lowest BCUT2D eigenvalue weighted by Gasteiger charge is -2.29. The highest BCUT2D eigenvalue weighted by Gasteiger charge is 2.47. The zero-order valence-corrected chi connectivity index (χ0v) is 18.8. The third kappa shape index (κ3) is 4.18. The van der Waals surface area contributed by atoms with Gasteiger partial charge in [0.05, 0.1) is 21.3 Å². The molecule has 0 saturated carbocycles. The van der Waals surface area contributed by atoms with Crippen LogP contribution in [0.15, 0.2) is 36.4 Å². The normalized spacial score (nSPS) is 19.2. The Morgan fingerprint density at radius 1 is 1.06 bits per heavy atom. The van der Waals surface area contributed by atoms with E-state index in [-0.39, 0.29) is 29.5 Å². The topological polar surface area (TPSA) is 103 Å². The van der Waals surface area contributed by atoms with Gasteiger partial charge < -0.3 is 24.3 Å². The van der Waals surface area contributed by atoms with Crippen molar-refractivity contribution in [3.05, 3.63) is 53.1 Å². The number of nitrogens with zero attached hydrogens (tertiary/aromatic N) is 1.